The van der Waals surface area contributed by atoms with Crippen LogP contribution in [0.3, 0.4) is 0 Å². The summed E-state index contributed by atoms with van der Waals surface area (Å²) in [6, 6.07) is 0. The molecule has 0 aliphatic carbocycles. The van der Waals surface area contributed by atoms with Crippen molar-refractivity contribution in [2.45, 2.75) is 32.6 Å². The van der Waals surface area contributed by atoms with Gasteiger partial charge in [-0.2, -0.15) is 0 Å². The normalized spacial score (nSPS) is 25.0. The van der Waals surface area contributed by atoms with Gasteiger partial charge in [0.1, 0.15) is 0 Å². The fourth-order valence-electron chi connectivity index (χ4n) is 2.85. The van der Waals surface area contributed by atoms with E-state index in [4.69, 9.17) is 0 Å². The van der Waals surface area contributed by atoms with Crippen LogP contribution in [-0.2, 0) is 9.59 Å². The Labute approximate surface area is 115 Å². The first-order valence-corrected chi connectivity index (χ1v) is 7.51. The molecule has 0 aromatic rings. The summed E-state index contributed by atoms with van der Waals surface area (Å²) < 4.78 is 0. The molecule has 2 heterocycles. The Balaban J connectivity index is 1.88. The first-order valence-electron chi connectivity index (χ1n) is 7.51. The fraction of sp³-hybridized carbons (Fsp3) is 0.857. The third-order valence-electron chi connectivity index (χ3n) is 4.18. The van der Waals surface area contributed by atoms with Crippen LogP contribution < -0.4 is 5.32 Å². The quantitative estimate of drug-likeness (QED) is 0.702. The van der Waals surface area contributed by atoms with Gasteiger partial charge >= 0.3 is 11.8 Å². The first-order chi connectivity index (χ1) is 9.22. The van der Waals surface area contributed by atoms with E-state index in [0.29, 0.717) is 19.0 Å². The minimum atomic E-state index is -0.293. The van der Waals surface area contributed by atoms with Gasteiger partial charge in [-0.25, -0.2) is 0 Å². The van der Waals surface area contributed by atoms with E-state index < -0.39 is 0 Å². The number of likely N-dealkylation sites (tertiary alicyclic amines) is 1. The molecule has 2 amide bonds. The SMILES string of the molecule is CCC1CCN(C(=O)C(=O)N2CCCNCCC2)C1. The van der Waals surface area contributed by atoms with Gasteiger partial charge in [0.25, 0.3) is 0 Å². The van der Waals surface area contributed by atoms with E-state index in [-0.39, 0.29) is 11.8 Å². The predicted octanol–water partition coefficient (Wildman–Crippen LogP) is 0.457. The average Bonchev–Trinajstić information content (AvgIpc) is 2.85. The Morgan fingerprint density at radius 1 is 1.05 bits per heavy atom. The van der Waals surface area contributed by atoms with Crippen molar-refractivity contribution in [3.05, 3.63) is 0 Å². The summed E-state index contributed by atoms with van der Waals surface area (Å²) in [7, 11) is 0. The van der Waals surface area contributed by atoms with Crippen LogP contribution in [-0.4, -0.2) is 60.9 Å². The van der Waals surface area contributed by atoms with Gasteiger partial charge in [-0.05, 0) is 38.3 Å². The van der Waals surface area contributed by atoms with Crippen molar-refractivity contribution in [1.29, 1.82) is 0 Å². The number of hydrogen-bond donors (Lipinski definition) is 1. The van der Waals surface area contributed by atoms with Crippen molar-refractivity contribution in [2.24, 2.45) is 5.92 Å². The Kier molecular flexibility index (Phi) is 5.19. The summed E-state index contributed by atoms with van der Waals surface area (Å²) in [5.74, 6) is -0.00332. The van der Waals surface area contributed by atoms with Gasteiger partial charge in [-0.3, -0.25) is 9.59 Å². The molecule has 1 N–H and O–H groups in total. The van der Waals surface area contributed by atoms with Gasteiger partial charge in [0.2, 0.25) is 0 Å². The smallest absolute Gasteiger partial charge is 0.312 e. The van der Waals surface area contributed by atoms with Gasteiger partial charge in [-0.15, -0.1) is 0 Å². The molecule has 0 radical (unpaired) electrons. The molecule has 0 bridgehead atoms. The summed E-state index contributed by atoms with van der Waals surface area (Å²) in [6.07, 6.45) is 3.99. The number of rotatable bonds is 1. The Bertz CT molecular complexity index is 325. The maximum Gasteiger partial charge on any atom is 0.312 e. The van der Waals surface area contributed by atoms with Crippen molar-refractivity contribution in [3.63, 3.8) is 0 Å². The topological polar surface area (TPSA) is 52.7 Å². The third kappa shape index (κ3) is 3.69. The Hall–Kier alpha value is -1.10. The monoisotopic (exact) mass is 267 g/mol. The highest BCUT2D eigenvalue weighted by Crippen LogP contribution is 2.19. The highest BCUT2D eigenvalue weighted by atomic mass is 16.2. The molecule has 2 rings (SSSR count). The average molecular weight is 267 g/mol. The molecule has 2 saturated heterocycles. The van der Waals surface area contributed by atoms with Gasteiger partial charge < -0.3 is 15.1 Å². The van der Waals surface area contributed by atoms with Crippen LogP contribution in [0.15, 0.2) is 0 Å². The molecule has 0 saturated carbocycles. The van der Waals surface area contributed by atoms with Crippen LogP contribution in [0.4, 0.5) is 0 Å². The van der Waals surface area contributed by atoms with Gasteiger partial charge in [-0.1, -0.05) is 13.3 Å². The van der Waals surface area contributed by atoms with E-state index in [9.17, 15) is 9.59 Å². The number of nitrogens with zero attached hydrogens (tertiary/aromatic N) is 2. The number of amides is 2. The van der Waals surface area contributed by atoms with E-state index in [0.717, 1.165) is 51.9 Å². The lowest BCUT2D eigenvalue weighted by Gasteiger charge is -2.26. The molecule has 19 heavy (non-hydrogen) atoms. The van der Waals surface area contributed by atoms with Crippen LogP contribution in [0, 0.1) is 5.92 Å². The Morgan fingerprint density at radius 2 is 1.68 bits per heavy atom. The van der Waals surface area contributed by atoms with E-state index in [1.807, 2.05) is 0 Å². The lowest BCUT2D eigenvalue weighted by Crippen LogP contribution is -2.46. The molecule has 0 aromatic carbocycles. The molecule has 1 atom stereocenters. The number of nitrogens with one attached hydrogen (secondary N) is 1. The lowest BCUT2D eigenvalue weighted by molar-refractivity contribution is -0.151. The van der Waals surface area contributed by atoms with Crippen molar-refractivity contribution in [2.75, 3.05) is 39.3 Å². The number of hydrogen-bond acceptors (Lipinski definition) is 3. The minimum Gasteiger partial charge on any atom is -0.334 e. The van der Waals surface area contributed by atoms with Crippen LogP contribution in [0.1, 0.15) is 32.6 Å². The molecular weight excluding hydrogens is 242 g/mol. The predicted molar refractivity (Wildman–Crippen MR) is 73.7 cm³/mol. The zero-order valence-corrected chi connectivity index (χ0v) is 11.9. The van der Waals surface area contributed by atoms with Crippen molar-refractivity contribution >= 4 is 11.8 Å². The zero-order chi connectivity index (χ0) is 13.7. The zero-order valence-electron chi connectivity index (χ0n) is 11.9. The van der Waals surface area contributed by atoms with E-state index in [1.54, 1.807) is 9.80 Å². The van der Waals surface area contributed by atoms with Gasteiger partial charge in [0, 0.05) is 26.2 Å². The Morgan fingerprint density at radius 3 is 2.26 bits per heavy atom. The fourth-order valence-corrected chi connectivity index (χ4v) is 2.85. The summed E-state index contributed by atoms with van der Waals surface area (Å²) >= 11 is 0. The highest BCUT2D eigenvalue weighted by Gasteiger charge is 2.31. The van der Waals surface area contributed by atoms with Crippen LogP contribution >= 0.6 is 0 Å². The van der Waals surface area contributed by atoms with Crippen molar-refractivity contribution < 1.29 is 9.59 Å². The molecular formula is C14H25N3O2. The molecule has 0 spiro atoms. The van der Waals surface area contributed by atoms with Crippen LogP contribution in [0.5, 0.6) is 0 Å². The van der Waals surface area contributed by atoms with E-state index >= 15 is 0 Å². The standard InChI is InChI=1S/C14H25N3O2/c1-2-12-5-10-17(11-12)14(19)13(18)16-8-3-6-15-7-4-9-16/h12,15H,2-11H2,1H3. The van der Waals surface area contributed by atoms with Gasteiger partial charge in [0.05, 0.1) is 0 Å². The van der Waals surface area contributed by atoms with Crippen molar-refractivity contribution in [3.8, 4) is 0 Å². The summed E-state index contributed by atoms with van der Waals surface area (Å²) in [4.78, 5) is 28.0. The highest BCUT2D eigenvalue weighted by molar-refractivity contribution is 6.34. The second-order valence-electron chi connectivity index (χ2n) is 5.56. The molecule has 0 aromatic heterocycles. The van der Waals surface area contributed by atoms with E-state index in [2.05, 4.69) is 12.2 Å². The number of carbonyl (C=O) groups is 2. The van der Waals surface area contributed by atoms with Gasteiger partial charge in [0.15, 0.2) is 0 Å². The summed E-state index contributed by atoms with van der Waals surface area (Å²) in [5, 5.41) is 3.31. The molecule has 2 aliphatic rings. The lowest BCUT2D eigenvalue weighted by atomic mass is 10.1. The molecule has 5 heteroatoms. The van der Waals surface area contributed by atoms with E-state index in [1.165, 1.54) is 0 Å². The molecule has 2 aliphatic heterocycles. The third-order valence-corrected chi connectivity index (χ3v) is 4.18. The first kappa shape index (κ1) is 14.3. The maximum atomic E-state index is 12.3. The van der Waals surface area contributed by atoms with Crippen molar-refractivity contribution in [1.82, 2.24) is 15.1 Å². The second kappa shape index (κ2) is 6.89. The maximum absolute atomic E-state index is 12.3. The minimum absolute atomic E-state index is 0.288. The molecule has 108 valence electrons. The largest absolute Gasteiger partial charge is 0.334 e. The molecule has 5 nitrogen and oxygen atoms in total. The molecule has 2 fully saturated rings. The molecule has 1 unspecified atom stereocenters. The van der Waals surface area contributed by atoms with Crippen LogP contribution in [0.2, 0.25) is 0 Å². The summed E-state index contributed by atoms with van der Waals surface area (Å²) in [5.41, 5.74) is 0. The second-order valence-corrected chi connectivity index (χ2v) is 5.56. The summed E-state index contributed by atoms with van der Waals surface area (Å²) in [6.45, 7) is 6.91. The number of carbonyl (C=O) groups excluding carboxylic acids is 2. The van der Waals surface area contributed by atoms with Crippen LogP contribution in [0.25, 0.3) is 0 Å².